The van der Waals surface area contributed by atoms with Crippen LogP contribution in [0.1, 0.15) is 350 Å². The molecule has 0 aliphatic carbocycles. The second-order valence-corrected chi connectivity index (χ2v) is 28.5. The predicted molar refractivity (Wildman–Crippen MR) is 354 cm³/mol. The number of hydrogen-bond acceptors (Lipinski definition) is 15. The lowest BCUT2D eigenvalue weighted by Gasteiger charge is -2.21. The summed E-state index contributed by atoms with van der Waals surface area (Å²) in [5.41, 5.74) is 0. The highest BCUT2D eigenvalue weighted by molar-refractivity contribution is 7.47. The van der Waals surface area contributed by atoms with E-state index >= 15 is 0 Å². The molecule has 0 aromatic rings. The molecule has 0 spiro atoms. The summed E-state index contributed by atoms with van der Waals surface area (Å²) in [4.78, 5) is 72.1. The number of aliphatic hydroxyl groups excluding tert-OH is 1. The summed E-state index contributed by atoms with van der Waals surface area (Å²) >= 11 is 0. The lowest BCUT2D eigenvalue weighted by Crippen LogP contribution is -2.30. The molecule has 0 fully saturated rings. The number of phosphoric ester groups is 2. The normalized spacial score (nSPS) is 14.5. The van der Waals surface area contributed by atoms with Gasteiger partial charge in [0.05, 0.1) is 26.4 Å². The van der Waals surface area contributed by atoms with Crippen LogP contribution in [0.25, 0.3) is 0 Å². The van der Waals surface area contributed by atoms with Gasteiger partial charge in [0.15, 0.2) is 12.2 Å². The smallest absolute Gasteiger partial charge is 0.462 e. The summed E-state index contributed by atoms with van der Waals surface area (Å²) in [6.45, 7) is 9.48. The highest BCUT2D eigenvalue weighted by atomic mass is 31.2. The molecule has 0 aromatic heterocycles. The van der Waals surface area contributed by atoms with Gasteiger partial charge in [0, 0.05) is 25.7 Å². The molecule has 0 amide bonds. The maximum absolute atomic E-state index is 13.0. The topological polar surface area (TPSA) is 237 Å². The Bertz CT molecular complexity index is 1720. The number of hydrogen-bond donors (Lipinski definition) is 3. The minimum atomic E-state index is -4.95. The van der Waals surface area contributed by atoms with Gasteiger partial charge in [-0.3, -0.25) is 37.3 Å². The number of phosphoric acid groups is 2. The second kappa shape index (κ2) is 61.3. The van der Waals surface area contributed by atoms with Gasteiger partial charge in [-0.05, 0) is 37.5 Å². The standard InChI is InChI=1S/C69H134O17P2/c1-7-10-12-14-15-34-41-47-53-68(73)85-64(57-79-66(71)51-45-37-13-11-8-2)59-83-87(75,76)81-55-63(70)56-82-88(77,78)84-60-65(58-80-67(72)52-46-40-35-30-27-26-28-32-38-43-49-61(4)5)86-69(74)54-48-42-36-31-25-23-21-19-17-16-18-20-22-24-29-33-39-44-50-62(6)9-3/h61-65,70H,7-60H2,1-6H3,(H,75,76)(H,77,78)/t62?,63-,64+,65+/m0/s1. The molecule has 17 nitrogen and oxygen atoms in total. The minimum absolute atomic E-state index is 0.104. The van der Waals surface area contributed by atoms with Crippen molar-refractivity contribution in [2.45, 2.75) is 368 Å². The molecule has 6 atom stereocenters. The van der Waals surface area contributed by atoms with Gasteiger partial charge in [0.1, 0.15) is 19.3 Å². The number of carbonyl (C=O) groups excluding carboxylic acids is 4. The first-order valence-electron chi connectivity index (χ1n) is 36.0. The van der Waals surface area contributed by atoms with Crippen LogP contribution in [-0.2, 0) is 65.4 Å². The van der Waals surface area contributed by atoms with Crippen LogP contribution in [0.3, 0.4) is 0 Å². The number of rotatable bonds is 68. The summed E-state index contributed by atoms with van der Waals surface area (Å²) in [5, 5.41) is 10.5. The van der Waals surface area contributed by atoms with E-state index in [0.29, 0.717) is 25.7 Å². The zero-order chi connectivity index (χ0) is 65.0. The molecule has 0 saturated heterocycles. The lowest BCUT2D eigenvalue weighted by molar-refractivity contribution is -0.161. The third-order valence-electron chi connectivity index (χ3n) is 16.3. The van der Waals surface area contributed by atoms with E-state index in [2.05, 4.69) is 41.5 Å². The number of carbonyl (C=O) groups is 4. The molecule has 0 saturated carbocycles. The Morgan fingerprint density at radius 2 is 0.580 bits per heavy atom. The summed E-state index contributed by atoms with van der Waals surface area (Å²) in [7, 11) is -9.88. The van der Waals surface area contributed by atoms with Crippen LogP contribution in [0.2, 0.25) is 0 Å². The van der Waals surface area contributed by atoms with E-state index in [4.69, 9.17) is 37.0 Å². The van der Waals surface area contributed by atoms with Crippen molar-refractivity contribution in [1.82, 2.24) is 0 Å². The molecule has 0 heterocycles. The van der Waals surface area contributed by atoms with Crippen molar-refractivity contribution in [2.75, 3.05) is 39.6 Å². The van der Waals surface area contributed by atoms with E-state index in [1.165, 1.54) is 154 Å². The monoisotopic (exact) mass is 1300 g/mol. The minimum Gasteiger partial charge on any atom is -0.462 e. The summed E-state index contributed by atoms with van der Waals surface area (Å²) in [5.74, 6) is -0.511. The van der Waals surface area contributed by atoms with Crippen molar-refractivity contribution in [3.63, 3.8) is 0 Å². The average molecular weight is 1300 g/mol. The summed E-state index contributed by atoms with van der Waals surface area (Å²) in [6, 6.07) is 0. The maximum Gasteiger partial charge on any atom is 0.472 e. The molecule has 0 aliphatic rings. The van der Waals surface area contributed by atoms with Crippen LogP contribution in [0.4, 0.5) is 0 Å². The van der Waals surface area contributed by atoms with Gasteiger partial charge in [-0.15, -0.1) is 0 Å². The fourth-order valence-corrected chi connectivity index (χ4v) is 12.0. The van der Waals surface area contributed by atoms with Crippen molar-refractivity contribution in [1.29, 1.82) is 0 Å². The Labute approximate surface area is 537 Å². The van der Waals surface area contributed by atoms with Crippen molar-refractivity contribution in [2.24, 2.45) is 11.8 Å². The Kier molecular flexibility index (Phi) is 59.9. The predicted octanol–water partition coefficient (Wildman–Crippen LogP) is 19.6. The maximum atomic E-state index is 13.0. The largest absolute Gasteiger partial charge is 0.472 e. The average Bonchev–Trinajstić information content (AvgIpc) is 3.54. The number of aliphatic hydroxyl groups is 1. The zero-order valence-corrected chi connectivity index (χ0v) is 58.8. The van der Waals surface area contributed by atoms with E-state index in [-0.39, 0.29) is 25.7 Å². The van der Waals surface area contributed by atoms with Gasteiger partial charge in [-0.1, -0.05) is 298 Å². The molecule has 3 unspecified atom stereocenters. The highest BCUT2D eigenvalue weighted by Crippen LogP contribution is 2.45. The Morgan fingerprint density at radius 1 is 0.330 bits per heavy atom. The third kappa shape index (κ3) is 61.6. The molecule has 0 rings (SSSR count). The van der Waals surface area contributed by atoms with Gasteiger partial charge in [-0.25, -0.2) is 9.13 Å². The van der Waals surface area contributed by atoms with Crippen molar-refractivity contribution < 1.29 is 80.2 Å². The van der Waals surface area contributed by atoms with Crippen molar-refractivity contribution in [3.05, 3.63) is 0 Å². The molecule has 0 aromatic carbocycles. The molecule has 88 heavy (non-hydrogen) atoms. The molecule has 522 valence electrons. The second-order valence-electron chi connectivity index (χ2n) is 25.6. The van der Waals surface area contributed by atoms with Gasteiger partial charge in [0.2, 0.25) is 0 Å². The van der Waals surface area contributed by atoms with E-state index in [1.807, 2.05) is 0 Å². The van der Waals surface area contributed by atoms with E-state index < -0.39 is 97.5 Å². The highest BCUT2D eigenvalue weighted by Gasteiger charge is 2.30. The molecule has 0 bridgehead atoms. The van der Waals surface area contributed by atoms with Crippen LogP contribution in [0, 0.1) is 11.8 Å². The van der Waals surface area contributed by atoms with Gasteiger partial charge >= 0.3 is 39.5 Å². The van der Waals surface area contributed by atoms with Crippen LogP contribution in [-0.4, -0.2) is 96.7 Å². The first kappa shape index (κ1) is 86.1. The van der Waals surface area contributed by atoms with Crippen molar-refractivity contribution >= 4 is 39.5 Å². The fourth-order valence-electron chi connectivity index (χ4n) is 10.4. The fraction of sp³-hybridized carbons (Fsp3) is 0.942. The SMILES string of the molecule is CCCCCCCCCCC(=O)O[C@H](COC(=O)CCCCCCC)COP(=O)(O)OC[C@H](O)COP(=O)(O)OC[C@@H](COC(=O)CCCCCCCCCCCCC(C)C)OC(=O)CCCCCCCCCCCCCCCCCCCCC(C)CC. The Hall–Kier alpha value is -1.94. The van der Waals surface area contributed by atoms with E-state index in [9.17, 15) is 43.2 Å². The van der Waals surface area contributed by atoms with Crippen LogP contribution in [0.15, 0.2) is 0 Å². The van der Waals surface area contributed by atoms with E-state index in [0.717, 1.165) is 115 Å². The number of esters is 4. The molecule has 0 aliphatic heterocycles. The molecule has 19 heteroatoms. The molecular weight excluding hydrogens is 1160 g/mol. The Morgan fingerprint density at radius 3 is 0.864 bits per heavy atom. The quantitative estimate of drug-likeness (QED) is 0.0222. The van der Waals surface area contributed by atoms with Crippen LogP contribution >= 0.6 is 15.6 Å². The van der Waals surface area contributed by atoms with Gasteiger partial charge in [-0.2, -0.15) is 0 Å². The first-order chi connectivity index (χ1) is 42.4. The summed E-state index contributed by atoms with van der Waals surface area (Å²) < 4.78 is 67.9. The first-order valence-corrected chi connectivity index (χ1v) is 39.0. The number of unbranched alkanes of at least 4 members (excludes halogenated alkanes) is 37. The molecule has 0 radical (unpaired) electrons. The molecule has 3 N–H and O–H groups in total. The van der Waals surface area contributed by atoms with Crippen LogP contribution in [0.5, 0.6) is 0 Å². The van der Waals surface area contributed by atoms with Crippen molar-refractivity contribution in [3.8, 4) is 0 Å². The van der Waals surface area contributed by atoms with Gasteiger partial charge < -0.3 is 33.8 Å². The zero-order valence-electron chi connectivity index (χ0n) is 57.0. The van der Waals surface area contributed by atoms with E-state index in [1.54, 1.807) is 0 Å². The Balaban J connectivity index is 5.08. The van der Waals surface area contributed by atoms with Crippen LogP contribution < -0.4 is 0 Å². The number of ether oxygens (including phenoxy) is 4. The van der Waals surface area contributed by atoms with Gasteiger partial charge in [0.25, 0.3) is 0 Å². The third-order valence-corrected chi connectivity index (χ3v) is 18.2. The lowest BCUT2D eigenvalue weighted by atomic mass is 9.99. The summed E-state index contributed by atoms with van der Waals surface area (Å²) in [6.07, 6.45) is 46.4. The molecular formula is C69H134O17P2.